The summed E-state index contributed by atoms with van der Waals surface area (Å²) in [4.78, 5) is 12.7. The summed E-state index contributed by atoms with van der Waals surface area (Å²) in [7, 11) is 1.54. The lowest BCUT2D eigenvalue weighted by Gasteiger charge is -2.09. The number of ether oxygens (including phenoxy) is 1. The summed E-state index contributed by atoms with van der Waals surface area (Å²) in [5.41, 5.74) is 2.22. The van der Waals surface area contributed by atoms with Gasteiger partial charge in [-0.25, -0.2) is 0 Å². The molecule has 112 valence electrons. The average Bonchev–Trinajstić information content (AvgIpc) is 2.53. The van der Waals surface area contributed by atoms with E-state index in [4.69, 9.17) is 4.74 Å². The van der Waals surface area contributed by atoms with E-state index in [1.807, 2.05) is 12.1 Å². The van der Waals surface area contributed by atoms with Gasteiger partial charge in [-0.05, 0) is 30.5 Å². The van der Waals surface area contributed by atoms with Gasteiger partial charge in [0.1, 0.15) is 0 Å². The van der Waals surface area contributed by atoms with Gasteiger partial charge in [0.15, 0.2) is 0 Å². The minimum Gasteiger partial charge on any atom is -0.467 e. The molecular formula is C15H21N5O. The van der Waals surface area contributed by atoms with Crippen LogP contribution < -0.4 is 15.4 Å². The van der Waals surface area contributed by atoms with E-state index >= 15 is 0 Å². The molecule has 0 unspecified atom stereocenters. The van der Waals surface area contributed by atoms with E-state index in [2.05, 4.69) is 51.6 Å². The highest BCUT2D eigenvalue weighted by Crippen LogP contribution is 2.17. The van der Waals surface area contributed by atoms with Gasteiger partial charge in [-0.1, -0.05) is 26.0 Å². The zero-order valence-corrected chi connectivity index (χ0v) is 12.7. The van der Waals surface area contributed by atoms with Crippen LogP contribution in [0.2, 0.25) is 0 Å². The number of nitrogens with one attached hydrogen (secondary N) is 2. The van der Waals surface area contributed by atoms with Gasteiger partial charge < -0.3 is 15.4 Å². The predicted molar refractivity (Wildman–Crippen MR) is 84.3 cm³/mol. The first-order chi connectivity index (χ1) is 10.2. The first-order valence-electron chi connectivity index (χ1n) is 7.15. The third kappa shape index (κ3) is 4.30. The Morgan fingerprint density at radius 3 is 2.33 bits per heavy atom. The molecule has 2 N–H and O–H groups in total. The minimum absolute atomic E-state index is 0.288. The van der Waals surface area contributed by atoms with Gasteiger partial charge in [0.05, 0.1) is 7.11 Å². The fourth-order valence-corrected chi connectivity index (χ4v) is 1.77. The van der Waals surface area contributed by atoms with E-state index in [1.165, 1.54) is 5.56 Å². The van der Waals surface area contributed by atoms with Crippen LogP contribution in [0.3, 0.4) is 0 Å². The molecule has 0 spiro atoms. The first kappa shape index (κ1) is 15.0. The molecule has 0 aliphatic rings. The van der Waals surface area contributed by atoms with Crippen molar-refractivity contribution < 1.29 is 4.74 Å². The molecule has 0 saturated heterocycles. The molecule has 1 aromatic carbocycles. The van der Waals surface area contributed by atoms with Crippen LogP contribution in [0.4, 0.5) is 17.6 Å². The molecule has 6 nitrogen and oxygen atoms in total. The zero-order valence-electron chi connectivity index (χ0n) is 12.7. The molecule has 2 rings (SSSR count). The van der Waals surface area contributed by atoms with E-state index in [0.717, 1.165) is 25.1 Å². The van der Waals surface area contributed by atoms with E-state index in [-0.39, 0.29) is 6.01 Å². The number of anilines is 3. The molecule has 1 aromatic heterocycles. The molecule has 2 aromatic rings. The maximum absolute atomic E-state index is 5.11. The lowest BCUT2D eigenvalue weighted by atomic mass is 10.1. The largest absolute Gasteiger partial charge is 0.467 e. The topological polar surface area (TPSA) is 72.0 Å². The Labute approximate surface area is 125 Å². The molecule has 1 heterocycles. The summed E-state index contributed by atoms with van der Waals surface area (Å²) in [6.45, 7) is 5.02. The van der Waals surface area contributed by atoms with Crippen molar-refractivity contribution >= 4 is 17.6 Å². The first-order valence-corrected chi connectivity index (χ1v) is 7.15. The number of rotatable bonds is 7. The minimum atomic E-state index is 0.288. The van der Waals surface area contributed by atoms with Crippen molar-refractivity contribution in [2.75, 3.05) is 24.3 Å². The zero-order chi connectivity index (χ0) is 15.1. The number of benzene rings is 1. The van der Waals surface area contributed by atoms with E-state index in [0.29, 0.717) is 11.9 Å². The van der Waals surface area contributed by atoms with Gasteiger partial charge in [-0.3, -0.25) is 0 Å². The Kier molecular flexibility index (Phi) is 5.31. The van der Waals surface area contributed by atoms with Gasteiger partial charge in [0, 0.05) is 12.2 Å². The highest BCUT2D eigenvalue weighted by molar-refractivity contribution is 5.54. The number of aryl methyl sites for hydroxylation is 1. The monoisotopic (exact) mass is 287 g/mol. The Balaban J connectivity index is 2.16. The third-order valence-corrected chi connectivity index (χ3v) is 2.95. The molecule has 0 amide bonds. The summed E-state index contributed by atoms with van der Waals surface area (Å²) in [6.07, 6.45) is 2.01. The lowest BCUT2D eigenvalue weighted by molar-refractivity contribution is 0.379. The van der Waals surface area contributed by atoms with Crippen LogP contribution in [-0.4, -0.2) is 28.6 Å². The molecule has 0 fully saturated rings. The normalized spacial score (nSPS) is 10.2. The molecular weight excluding hydrogens is 266 g/mol. The number of nitrogens with zero attached hydrogens (tertiary/aromatic N) is 3. The Bertz CT molecular complexity index is 571. The SMILES string of the molecule is CCCNc1nc(Nc2ccc(CC)cc2)nc(OC)n1. The van der Waals surface area contributed by atoms with E-state index in [1.54, 1.807) is 7.11 Å². The smallest absolute Gasteiger partial charge is 0.322 e. The van der Waals surface area contributed by atoms with Gasteiger partial charge in [0.25, 0.3) is 0 Å². The van der Waals surface area contributed by atoms with Gasteiger partial charge >= 0.3 is 6.01 Å². The second-order valence-electron chi connectivity index (χ2n) is 4.57. The molecule has 6 heteroatoms. The van der Waals surface area contributed by atoms with Crippen LogP contribution in [0.25, 0.3) is 0 Å². The van der Waals surface area contributed by atoms with Crippen LogP contribution >= 0.6 is 0 Å². The van der Waals surface area contributed by atoms with E-state index in [9.17, 15) is 0 Å². The lowest BCUT2D eigenvalue weighted by Crippen LogP contribution is -2.08. The van der Waals surface area contributed by atoms with Crippen molar-refractivity contribution in [2.45, 2.75) is 26.7 Å². The predicted octanol–water partition coefficient (Wildman–Crippen LogP) is 3.01. The summed E-state index contributed by atoms with van der Waals surface area (Å²) in [5, 5.41) is 6.30. The van der Waals surface area contributed by atoms with Crippen LogP contribution in [0, 0.1) is 0 Å². The van der Waals surface area contributed by atoms with Crippen LogP contribution in [-0.2, 0) is 6.42 Å². The summed E-state index contributed by atoms with van der Waals surface area (Å²) in [5.74, 6) is 0.973. The Morgan fingerprint density at radius 1 is 1.00 bits per heavy atom. The highest BCUT2D eigenvalue weighted by atomic mass is 16.5. The van der Waals surface area contributed by atoms with Crippen LogP contribution in [0.1, 0.15) is 25.8 Å². The molecule has 21 heavy (non-hydrogen) atoms. The van der Waals surface area contributed by atoms with Crippen molar-refractivity contribution in [2.24, 2.45) is 0 Å². The van der Waals surface area contributed by atoms with Crippen molar-refractivity contribution in [1.29, 1.82) is 0 Å². The molecule has 0 aliphatic heterocycles. The van der Waals surface area contributed by atoms with Gasteiger partial charge in [-0.15, -0.1) is 0 Å². The van der Waals surface area contributed by atoms with Crippen molar-refractivity contribution in [3.05, 3.63) is 29.8 Å². The van der Waals surface area contributed by atoms with Crippen molar-refractivity contribution in [3.8, 4) is 6.01 Å². The van der Waals surface area contributed by atoms with Gasteiger partial charge in [-0.2, -0.15) is 15.0 Å². The van der Waals surface area contributed by atoms with Crippen molar-refractivity contribution in [1.82, 2.24) is 15.0 Å². The third-order valence-electron chi connectivity index (χ3n) is 2.95. The number of hydrogen-bond acceptors (Lipinski definition) is 6. The summed E-state index contributed by atoms with van der Waals surface area (Å²) in [6, 6.07) is 8.47. The molecule has 0 atom stereocenters. The number of methoxy groups -OCH3 is 1. The average molecular weight is 287 g/mol. The Hall–Kier alpha value is -2.37. The number of aromatic nitrogens is 3. The second kappa shape index (κ2) is 7.42. The number of hydrogen-bond donors (Lipinski definition) is 2. The fraction of sp³-hybridized carbons (Fsp3) is 0.400. The second-order valence-corrected chi connectivity index (χ2v) is 4.57. The Morgan fingerprint density at radius 2 is 1.71 bits per heavy atom. The fourth-order valence-electron chi connectivity index (χ4n) is 1.77. The van der Waals surface area contributed by atoms with Crippen LogP contribution in [0.15, 0.2) is 24.3 Å². The maximum Gasteiger partial charge on any atom is 0.322 e. The van der Waals surface area contributed by atoms with E-state index < -0.39 is 0 Å². The van der Waals surface area contributed by atoms with Crippen molar-refractivity contribution in [3.63, 3.8) is 0 Å². The van der Waals surface area contributed by atoms with Crippen LogP contribution in [0.5, 0.6) is 6.01 Å². The standard InChI is InChI=1S/C15H21N5O/c1-4-10-16-13-18-14(20-15(19-13)21-3)17-12-8-6-11(5-2)7-9-12/h6-9H,4-5,10H2,1-3H3,(H2,16,17,18,19,20). The maximum atomic E-state index is 5.11. The molecule has 0 radical (unpaired) electrons. The van der Waals surface area contributed by atoms with Gasteiger partial charge in [0.2, 0.25) is 11.9 Å². The summed E-state index contributed by atoms with van der Waals surface area (Å²) >= 11 is 0. The summed E-state index contributed by atoms with van der Waals surface area (Å²) < 4.78 is 5.11. The highest BCUT2D eigenvalue weighted by Gasteiger charge is 2.06. The molecule has 0 aliphatic carbocycles. The molecule has 0 saturated carbocycles. The quantitative estimate of drug-likeness (QED) is 0.815. The molecule has 0 bridgehead atoms.